The third-order valence-electron chi connectivity index (χ3n) is 4.30. The van der Waals surface area contributed by atoms with Gasteiger partial charge in [0.2, 0.25) is 0 Å². The first-order valence-electron chi connectivity index (χ1n) is 7.20. The van der Waals surface area contributed by atoms with E-state index in [-0.39, 0.29) is 5.82 Å². The molecule has 22 heavy (non-hydrogen) atoms. The van der Waals surface area contributed by atoms with E-state index in [4.69, 9.17) is 10.5 Å². The second kappa shape index (κ2) is 5.47. The highest BCUT2D eigenvalue weighted by atomic mass is 16.6. The number of nitrogens with zero attached hydrogens (tertiary/aromatic N) is 2. The minimum Gasteiger partial charge on any atom is -0.394 e. The summed E-state index contributed by atoms with van der Waals surface area (Å²) >= 11 is 0. The zero-order chi connectivity index (χ0) is 15.9. The topological polar surface area (TPSA) is 131 Å². The normalized spacial score (nSPS) is 34.9. The Hall–Kier alpha value is -1.74. The molecule has 1 fully saturated rings. The number of hydrogen-bond acceptors (Lipinski definition) is 7. The summed E-state index contributed by atoms with van der Waals surface area (Å²) in [5.41, 5.74) is 3.97. The molecule has 1 aliphatic carbocycles. The van der Waals surface area contributed by atoms with Gasteiger partial charge in [0.15, 0.2) is 5.72 Å². The number of aromatic nitrogens is 2. The Morgan fingerprint density at radius 1 is 1.50 bits per heavy atom. The highest BCUT2D eigenvalue weighted by Crippen LogP contribution is 2.44. The average Bonchev–Trinajstić information content (AvgIpc) is 3.10. The summed E-state index contributed by atoms with van der Waals surface area (Å²) in [4.78, 5) is 15.9. The molecular formula is C14H19N3O5. The monoisotopic (exact) mass is 309 g/mol. The van der Waals surface area contributed by atoms with Crippen LogP contribution in [0.4, 0.5) is 5.82 Å². The lowest BCUT2D eigenvalue weighted by molar-refractivity contribution is -0.124. The second-order valence-corrected chi connectivity index (χ2v) is 5.60. The zero-order valence-electron chi connectivity index (χ0n) is 11.9. The summed E-state index contributed by atoms with van der Waals surface area (Å²) in [6.07, 6.45) is 1.87. The number of aliphatic hydroxyl groups is 3. The van der Waals surface area contributed by atoms with Gasteiger partial charge < -0.3 is 25.8 Å². The Morgan fingerprint density at radius 2 is 2.27 bits per heavy atom. The molecule has 2 heterocycles. The Bertz CT molecular complexity index is 658. The number of hydrogen-bond donors (Lipinski definition) is 4. The molecule has 8 nitrogen and oxygen atoms in total. The molecule has 1 aromatic rings. The standard InChI is InChI=1S/C14H19N3O5/c15-10-5-6-17(13(21)16-10)14(8-3-1-2-4-8)12(20)11(19)9(7-18)22-14/h3,5-6,9,11-12,18-20H,1-2,4,7H2,(H2,15,16,21)/t9-,11-,12-,14-/m1/s1. The van der Waals surface area contributed by atoms with E-state index in [9.17, 15) is 20.1 Å². The first-order chi connectivity index (χ1) is 10.5. The van der Waals surface area contributed by atoms with Gasteiger partial charge in [-0.05, 0) is 30.9 Å². The molecule has 3 rings (SSSR count). The van der Waals surface area contributed by atoms with E-state index in [1.54, 1.807) is 0 Å². The van der Waals surface area contributed by atoms with Crippen LogP contribution in [0.25, 0.3) is 0 Å². The van der Waals surface area contributed by atoms with Crippen LogP contribution in [-0.2, 0) is 10.5 Å². The van der Waals surface area contributed by atoms with Crippen LogP contribution in [0.1, 0.15) is 19.3 Å². The second-order valence-electron chi connectivity index (χ2n) is 5.60. The van der Waals surface area contributed by atoms with Crippen LogP contribution >= 0.6 is 0 Å². The van der Waals surface area contributed by atoms with E-state index in [0.29, 0.717) is 12.0 Å². The first kappa shape index (κ1) is 15.2. The van der Waals surface area contributed by atoms with Gasteiger partial charge in [-0.1, -0.05) is 6.08 Å². The molecule has 0 radical (unpaired) electrons. The Kier molecular flexibility index (Phi) is 3.77. The molecule has 5 N–H and O–H groups in total. The van der Waals surface area contributed by atoms with Gasteiger partial charge in [0.05, 0.1) is 6.61 Å². The van der Waals surface area contributed by atoms with E-state index in [2.05, 4.69) is 4.98 Å². The van der Waals surface area contributed by atoms with Gasteiger partial charge in [0, 0.05) is 6.20 Å². The van der Waals surface area contributed by atoms with Crippen molar-refractivity contribution in [3.05, 3.63) is 34.4 Å². The van der Waals surface area contributed by atoms with Crippen molar-refractivity contribution in [1.29, 1.82) is 0 Å². The molecule has 2 aliphatic rings. The number of nitrogens with two attached hydrogens (primary N) is 1. The molecular weight excluding hydrogens is 290 g/mol. The molecule has 0 spiro atoms. The molecule has 0 unspecified atom stereocenters. The number of aliphatic hydroxyl groups excluding tert-OH is 3. The van der Waals surface area contributed by atoms with Crippen molar-refractivity contribution in [1.82, 2.24) is 9.55 Å². The van der Waals surface area contributed by atoms with Gasteiger partial charge in [-0.2, -0.15) is 4.98 Å². The fraction of sp³-hybridized carbons (Fsp3) is 0.571. The Labute approximate surface area is 126 Å². The van der Waals surface area contributed by atoms with Crippen LogP contribution in [0, 0.1) is 0 Å². The van der Waals surface area contributed by atoms with Crippen LogP contribution in [0.2, 0.25) is 0 Å². The van der Waals surface area contributed by atoms with Crippen LogP contribution < -0.4 is 11.4 Å². The highest BCUT2D eigenvalue weighted by molar-refractivity contribution is 5.28. The van der Waals surface area contributed by atoms with Gasteiger partial charge >= 0.3 is 5.69 Å². The predicted octanol–water partition coefficient (Wildman–Crippen LogP) is -1.30. The summed E-state index contributed by atoms with van der Waals surface area (Å²) in [6.45, 7) is -0.468. The van der Waals surface area contributed by atoms with Crippen molar-refractivity contribution in [3.8, 4) is 0 Å². The maximum Gasteiger partial charge on any atom is 0.352 e. The van der Waals surface area contributed by atoms with E-state index in [1.165, 1.54) is 12.3 Å². The average molecular weight is 309 g/mol. The summed E-state index contributed by atoms with van der Waals surface area (Å²) in [5.74, 6) is 0.0588. The largest absolute Gasteiger partial charge is 0.394 e. The van der Waals surface area contributed by atoms with Crippen molar-refractivity contribution in [2.75, 3.05) is 12.3 Å². The molecule has 1 aromatic heterocycles. The summed E-state index contributed by atoms with van der Waals surface area (Å²) < 4.78 is 6.92. The summed E-state index contributed by atoms with van der Waals surface area (Å²) in [5, 5.41) is 30.1. The van der Waals surface area contributed by atoms with Gasteiger partial charge in [-0.25, -0.2) is 4.79 Å². The van der Waals surface area contributed by atoms with Crippen molar-refractivity contribution < 1.29 is 20.1 Å². The van der Waals surface area contributed by atoms with Crippen LogP contribution in [0.3, 0.4) is 0 Å². The van der Waals surface area contributed by atoms with E-state index in [0.717, 1.165) is 17.4 Å². The van der Waals surface area contributed by atoms with E-state index >= 15 is 0 Å². The lowest BCUT2D eigenvalue weighted by atomic mass is 9.93. The molecule has 0 bridgehead atoms. The molecule has 0 saturated carbocycles. The van der Waals surface area contributed by atoms with Gasteiger partial charge in [-0.15, -0.1) is 0 Å². The lowest BCUT2D eigenvalue weighted by Gasteiger charge is -2.35. The highest BCUT2D eigenvalue weighted by Gasteiger charge is 2.58. The number of nitrogen functional groups attached to an aromatic ring is 1. The van der Waals surface area contributed by atoms with Crippen LogP contribution in [-0.4, -0.2) is 49.8 Å². The molecule has 1 aliphatic heterocycles. The van der Waals surface area contributed by atoms with Crippen molar-refractivity contribution in [2.24, 2.45) is 0 Å². The fourth-order valence-corrected chi connectivity index (χ4v) is 3.24. The lowest BCUT2D eigenvalue weighted by Crippen LogP contribution is -2.51. The van der Waals surface area contributed by atoms with Crippen LogP contribution in [0.15, 0.2) is 28.7 Å². The predicted molar refractivity (Wildman–Crippen MR) is 76.8 cm³/mol. The van der Waals surface area contributed by atoms with Gasteiger partial charge in [0.1, 0.15) is 24.1 Å². The fourth-order valence-electron chi connectivity index (χ4n) is 3.24. The van der Waals surface area contributed by atoms with E-state index in [1.807, 2.05) is 6.08 Å². The van der Waals surface area contributed by atoms with Crippen LogP contribution in [0.5, 0.6) is 0 Å². The molecule has 8 heteroatoms. The quantitative estimate of drug-likeness (QED) is 0.510. The third-order valence-corrected chi connectivity index (χ3v) is 4.30. The molecule has 4 atom stereocenters. The number of allylic oxidation sites excluding steroid dienone is 1. The SMILES string of the molecule is Nc1ccn([C@]2(C3=CCCC3)O[C@H](CO)[C@@H](O)[C@H]2O)c(=O)n1. The number of anilines is 1. The zero-order valence-corrected chi connectivity index (χ0v) is 11.9. The number of ether oxygens (including phenoxy) is 1. The molecule has 0 amide bonds. The Balaban J connectivity index is 2.18. The Morgan fingerprint density at radius 3 is 2.82 bits per heavy atom. The maximum atomic E-state index is 12.2. The third kappa shape index (κ3) is 2.07. The van der Waals surface area contributed by atoms with Gasteiger partial charge in [-0.3, -0.25) is 4.57 Å². The summed E-state index contributed by atoms with van der Waals surface area (Å²) in [6, 6.07) is 1.42. The minimum absolute atomic E-state index is 0.0588. The summed E-state index contributed by atoms with van der Waals surface area (Å²) in [7, 11) is 0. The molecule has 1 saturated heterocycles. The van der Waals surface area contributed by atoms with Crippen molar-refractivity contribution in [3.63, 3.8) is 0 Å². The van der Waals surface area contributed by atoms with Crippen molar-refractivity contribution >= 4 is 5.82 Å². The van der Waals surface area contributed by atoms with Crippen molar-refractivity contribution in [2.45, 2.75) is 43.3 Å². The molecule has 120 valence electrons. The molecule has 0 aromatic carbocycles. The smallest absolute Gasteiger partial charge is 0.352 e. The number of rotatable bonds is 3. The first-order valence-corrected chi connectivity index (χ1v) is 7.20. The van der Waals surface area contributed by atoms with E-state index < -0.39 is 36.3 Å². The maximum absolute atomic E-state index is 12.2. The minimum atomic E-state index is -1.55. The van der Waals surface area contributed by atoms with Gasteiger partial charge in [0.25, 0.3) is 0 Å².